The van der Waals surface area contributed by atoms with E-state index >= 15 is 0 Å². The summed E-state index contributed by atoms with van der Waals surface area (Å²) in [5.74, 6) is 7.43. The molecule has 0 aromatic heterocycles. The van der Waals surface area contributed by atoms with Crippen LogP contribution in [-0.4, -0.2) is 20.6 Å². The molecular formula is C21H26ClN. The lowest BCUT2D eigenvalue weighted by Gasteiger charge is -2.34. The van der Waals surface area contributed by atoms with E-state index < -0.39 is 0 Å². The van der Waals surface area contributed by atoms with E-state index in [0.29, 0.717) is 5.92 Å². The summed E-state index contributed by atoms with van der Waals surface area (Å²) in [6.45, 7) is 5.38. The summed E-state index contributed by atoms with van der Waals surface area (Å²) in [5.41, 5.74) is 2.30. The number of quaternary nitrogens is 1. The van der Waals surface area contributed by atoms with Crippen LogP contribution in [0.3, 0.4) is 0 Å². The van der Waals surface area contributed by atoms with Crippen molar-refractivity contribution in [3.8, 4) is 11.8 Å². The molecule has 0 aliphatic rings. The highest BCUT2D eigenvalue weighted by Gasteiger charge is 2.35. The first-order valence-corrected chi connectivity index (χ1v) is 7.97. The van der Waals surface area contributed by atoms with Gasteiger partial charge in [0.05, 0.1) is 19.5 Å². The molecule has 1 N–H and O–H groups in total. The van der Waals surface area contributed by atoms with Gasteiger partial charge in [-0.3, -0.25) is 0 Å². The molecule has 1 nitrogen and oxygen atoms in total. The lowest BCUT2D eigenvalue weighted by Crippen LogP contribution is -3.05. The molecule has 0 aliphatic heterocycles. The Morgan fingerprint density at radius 1 is 0.870 bits per heavy atom. The molecule has 2 aromatic rings. The molecule has 0 saturated carbocycles. The average molecular weight is 328 g/mol. The highest BCUT2D eigenvalue weighted by Crippen LogP contribution is 2.38. The minimum Gasteiger partial charge on any atom is -1.00 e. The topological polar surface area (TPSA) is 4.44 Å². The van der Waals surface area contributed by atoms with E-state index in [-0.39, 0.29) is 17.8 Å². The van der Waals surface area contributed by atoms with Crippen molar-refractivity contribution in [1.29, 1.82) is 0 Å². The molecule has 0 unspecified atom stereocenters. The lowest BCUT2D eigenvalue weighted by molar-refractivity contribution is -0.850. The average Bonchev–Trinajstić information content (AvgIpc) is 2.53. The standard InChI is InChI=1S/C21H25N.ClH/c1-18(2)21(16-11-17-22(3)4,19-12-7-5-8-13-19)20-14-9-6-10-15-20;/h5-10,12-15,18H,17H2,1-4H3;1H. The second kappa shape index (κ2) is 8.77. The molecule has 0 saturated heterocycles. The van der Waals surface area contributed by atoms with Gasteiger partial charge in [-0.15, -0.1) is 0 Å². The summed E-state index contributed by atoms with van der Waals surface area (Å²) in [6, 6.07) is 21.3. The van der Waals surface area contributed by atoms with E-state index in [2.05, 4.69) is 100 Å². The summed E-state index contributed by atoms with van der Waals surface area (Å²) in [7, 11) is 4.27. The Bertz CT molecular complexity index is 596. The van der Waals surface area contributed by atoms with Crippen molar-refractivity contribution in [2.75, 3.05) is 20.6 Å². The summed E-state index contributed by atoms with van der Waals surface area (Å²) in [6.07, 6.45) is 0. The van der Waals surface area contributed by atoms with Crippen LogP contribution < -0.4 is 17.3 Å². The summed E-state index contributed by atoms with van der Waals surface area (Å²) < 4.78 is 0. The van der Waals surface area contributed by atoms with E-state index in [1.807, 2.05) is 0 Å². The predicted octanol–water partition coefficient (Wildman–Crippen LogP) is -0.219. The van der Waals surface area contributed by atoms with Crippen molar-refractivity contribution in [3.05, 3.63) is 71.8 Å². The lowest BCUT2D eigenvalue weighted by atomic mass is 9.67. The minimum atomic E-state index is -0.252. The monoisotopic (exact) mass is 327 g/mol. The van der Waals surface area contributed by atoms with Crippen LogP contribution in [0.25, 0.3) is 0 Å². The Morgan fingerprint density at radius 2 is 1.30 bits per heavy atom. The van der Waals surface area contributed by atoms with Gasteiger partial charge in [0.15, 0.2) is 0 Å². The van der Waals surface area contributed by atoms with Crippen LogP contribution >= 0.6 is 0 Å². The molecule has 2 aromatic carbocycles. The molecule has 0 amide bonds. The first-order chi connectivity index (χ1) is 10.6. The van der Waals surface area contributed by atoms with Crippen LogP contribution in [0.15, 0.2) is 60.7 Å². The molecule has 0 spiro atoms. The Balaban J connectivity index is 0.00000264. The highest BCUT2D eigenvalue weighted by atomic mass is 35.5. The SMILES string of the molecule is CC(C)C(C#CC[NH+](C)C)(c1ccccc1)c1ccccc1.[Cl-]. The minimum absolute atomic E-state index is 0. The second-order valence-electron chi connectivity index (χ2n) is 6.38. The maximum atomic E-state index is 3.63. The van der Waals surface area contributed by atoms with Crippen molar-refractivity contribution >= 4 is 0 Å². The van der Waals surface area contributed by atoms with Gasteiger partial charge < -0.3 is 17.3 Å². The fourth-order valence-corrected chi connectivity index (χ4v) is 2.88. The molecule has 0 aliphatic carbocycles. The third-order valence-corrected chi connectivity index (χ3v) is 4.05. The number of halogens is 1. The number of hydrogen-bond acceptors (Lipinski definition) is 0. The molecule has 2 heteroatoms. The zero-order valence-electron chi connectivity index (χ0n) is 14.4. The van der Waals surface area contributed by atoms with Crippen molar-refractivity contribution in [2.45, 2.75) is 19.3 Å². The first-order valence-electron chi connectivity index (χ1n) is 7.97. The molecule has 0 atom stereocenters. The highest BCUT2D eigenvalue weighted by molar-refractivity contribution is 5.48. The molecule has 0 radical (unpaired) electrons. The van der Waals surface area contributed by atoms with E-state index in [9.17, 15) is 0 Å². The Morgan fingerprint density at radius 3 is 1.65 bits per heavy atom. The maximum absolute atomic E-state index is 3.63. The van der Waals surface area contributed by atoms with E-state index in [4.69, 9.17) is 0 Å². The summed E-state index contributed by atoms with van der Waals surface area (Å²) in [5, 5.41) is 0. The Labute approximate surface area is 147 Å². The summed E-state index contributed by atoms with van der Waals surface area (Å²) in [4.78, 5) is 1.35. The molecule has 2 rings (SSSR count). The Kier molecular flexibility index (Phi) is 7.36. The third-order valence-electron chi connectivity index (χ3n) is 4.05. The van der Waals surface area contributed by atoms with Crippen LogP contribution in [0.5, 0.6) is 0 Å². The normalized spacial score (nSPS) is 10.9. The van der Waals surface area contributed by atoms with E-state index in [0.717, 1.165) is 6.54 Å². The number of rotatable bonds is 4. The van der Waals surface area contributed by atoms with E-state index in [1.54, 1.807) is 0 Å². The zero-order chi connectivity index (χ0) is 16.0. The molecular weight excluding hydrogens is 302 g/mol. The van der Waals surface area contributed by atoms with Gasteiger partial charge in [0.25, 0.3) is 0 Å². The van der Waals surface area contributed by atoms with Crippen LogP contribution in [0.1, 0.15) is 25.0 Å². The molecule has 0 fully saturated rings. The van der Waals surface area contributed by atoms with Crippen LogP contribution in [-0.2, 0) is 5.41 Å². The van der Waals surface area contributed by atoms with Crippen LogP contribution in [0.2, 0.25) is 0 Å². The predicted molar refractivity (Wildman–Crippen MR) is 94.0 cm³/mol. The molecule has 122 valence electrons. The van der Waals surface area contributed by atoms with Gasteiger partial charge in [-0.2, -0.15) is 0 Å². The van der Waals surface area contributed by atoms with Gasteiger partial charge in [0.2, 0.25) is 0 Å². The van der Waals surface area contributed by atoms with Gasteiger partial charge in [0, 0.05) is 0 Å². The molecule has 0 bridgehead atoms. The van der Waals surface area contributed by atoms with Crippen LogP contribution in [0.4, 0.5) is 0 Å². The van der Waals surface area contributed by atoms with E-state index in [1.165, 1.54) is 16.0 Å². The van der Waals surface area contributed by atoms with Gasteiger partial charge in [-0.25, -0.2) is 0 Å². The molecule has 23 heavy (non-hydrogen) atoms. The first kappa shape index (κ1) is 19.3. The number of benzene rings is 2. The smallest absolute Gasteiger partial charge is 0.139 e. The quantitative estimate of drug-likeness (QED) is 0.741. The molecule has 0 heterocycles. The van der Waals surface area contributed by atoms with Gasteiger partial charge in [-0.05, 0) is 23.0 Å². The van der Waals surface area contributed by atoms with Crippen molar-refractivity contribution in [2.24, 2.45) is 5.92 Å². The zero-order valence-corrected chi connectivity index (χ0v) is 15.2. The van der Waals surface area contributed by atoms with Gasteiger partial charge >= 0.3 is 0 Å². The fourth-order valence-electron chi connectivity index (χ4n) is 2.88. The van der Waals surface area contributed by atoms with Crippen LogP contribution in [0, 0.1) is 17.8 Å². The van der Waals surface area contributed by atoms with Gasteiger partial charge in [0.1, 0.15) is 6.54 Å². The largest absolute Gasteiger partial charge is 1.00 e. The van der Waals surface area contributed by atoms with Gasteiger partial charge in [-0.1, -0.05) is 80.4 Å². The fraction of sp³-hybridized carbons (Fsp3) is 0.333. The van der Waals surface area contributed by atoms with Crippen molar-refractivity contribution in [3.63, 3.8) is 0 Å². The third kappa shape index (κ3) is 4.38. The maximum Gasteiger partial charge on any atom is 0.139 e. The Hall–Kier alpha value is -1.75. The second-order valence-corrected chi connectivity index (χ2v) is 6.38. The summed E-state index contributed by atoms with van der Waals surface area (Å²) >= 11 is 0. The van der Waals surface area contributed by atoms with Crippen molar-refractivity contribution < 1.29 is 17.3 Å². The number of hydrogen-bond donors (Lipinski definition) is 1. The number of nitrogens with one attached hydrogen (secondary N) is 1. The van der Waals surface area contributed by atoms with Crippen molar-refractivity contribution in [1.82, 2.24) is 0 Å².